The lowest BCUT2D eigenvalue weighted by atomic mass is 9.74. The smallest absolute Gasteiger partial charge is 0.224 e. The summed E-state index contributed by atoms with van der Waals surface area (Å²) in [7, 11) is 0. The van der Waals surface area contributed by atoms with E-state index in [1.54, 1.807) is 12.1 Å². The van der Waals surface area contributed by atoms with Crippen LogP contribution in [0.2, 0.25) is 0 Å². The number of carbonyl (C=O) groups is 1. The number of nitrogens with one attached hydrogen (secondary N) is 2. The second-order valence-corrected chi connectivity index (χ2v) is 8.53. The summed E-state index contributed by atoms with van der Waals surface area (Å²) in [6.45, 7) is 7.90. The van der Waals surface area contributed by atoms with Crippen molar-refractivity contribution >= 4 is 16.8 Å². The Kier molecular flexibility index (Phi) is 5.65. The van der Waals surface area contributed by atoms with Crippen LogP contribution in [0.1, 0.15) is 40.8 Å². The predicted molar refractivity (Wildman–Crippen MR) is 117 cm³/mol. The lowest BCUT2D eigenvalue weighted by molar-refractivity contribution is -0.120. The molecule has 4 rings (SSSR count). The Bertz CT molecular complexity index is 1080. The number of H-pyrrole nitrogens is 1. The third-order valence-electron chi connectivity index (χ3n) is 6.54. The lowest BCUT2D eigenvalue weighted by Crippen LogP contribution is -2.45. The van der Waals surface area contributed by atoms with E-state index in [-0.39, 0.29) is 17.1 Å². The molecule has 2 N–H and O–H groups in total. The highest BCUT2D eigenvalue weighted by molar-refractivity contribution is 5.93. The van der Waals surface area contributed by atoms with Crippen LogP contribution in [-0.4, -0.2) is 30.6 Å². The maximum Gasteiger partial charge on any atom is 0.224 e. The standard InChI is InChI=1S/C25H29FN2O2/c1-16-7-8-17(2)24-23(16)21(18(3)28-24)14-22(29)27-15-25(9-11-30-12-10-25)19-5-4-6-20(26)13-19/h4-8,13,28H,9-12,14-15H2,1-3H3,(H,27,29). The predicted octanol–water partition coefficient (Wildman–Crippen LogP) is 4.64. The number of rotatable bonds is 5. The van der Waals surface area contributed by atoms with Gasteiger partial charge in [0.1, 0.15) is 5.82 Å². The minimum Gasteiger partial charge on any atom is -0.381 e. The molecular weight excluding hydrogens is 379 g/mol. The van der Waals surface area contributed by atoms with Gasteiger partial charge < -0.3 is 15.0 Å². The van der Waals surface area contributed by atoms with Gasteiger partial charge in [-0.1, -0.05) is 24.3 Å². The molecule has 1 aliphatic rings. The average molecular weight is 409 g/mol. The number of fused-ring (bicyclic) bond motifs is 1. The van der Waals surface area contributed by atoms with Crippen molar-refractivity contribution in [1.82, 2.24) is 10.3 Å². The van der Waals surface area contributed by atoms with Crippen molar-refractivity contribution in [2.24, 2.45) is 0 Å². The molecule has 1 aromatic heterocycles. The van der Waals surface area contributed by atoms with Crippen molar-refractivity contribution in [1.29, 1.82) is 0 Å². The second-order valence-electron chi connectivity index (χ2n) is 8.53. The molecule has 1 fully saturated rings. The molecule has 1 aliphatic heterocycles. The molecule has 30 heavy (non-hydrogen) atoms. The van der Waals surface area contributed by atoms with E-state index >= 15 is 0 Å². The minimum atomic E-state index is -0.294. The fraction of sp³-hybridized carbons (Fsp3) is 0.400. The van der Waals surface area contributed by atoms with Crippen LogP contribution in [0.5, 0.6) is 0 Å². The molecule has 2 heterocycles. The number of benzene rings is 2. The highest BCUT2D eigenvalue weighted by atomic mass is 19.1. The molecule has 0 saturated carbocycles. The maximum atomic E-state index is 13.9. The van der Waals surface area contributed by atoms with E-state index in [0.717, 1.165) is 40.6 Å². The molecule has 1 amide bonds. The summed E-state index contributed by atoms with van der Waals surface area (Å²) in [5.74, 6) is -0.257. The van der Waals surface area contributed by atoms with Gasteiger partial charge in [-0.05, 0) is 68.0 Å². The molecule has 0 aliphatic carbocycles. The number of carbonyl (C=O) groups excluding carboxylic acids is 1. The number of aromatic nitrogens is 1. The normalized spacial score (nSPS) is 16.0. The molecule has 0 unspecified atom stereocenters. The topological polar surface area (TPSA) is 54.1 Å². The molecule has 158 valence electrons. The van der Waals surface area contributed by atoms with Crippen LogP contribution >= 0.6 is 0 Å². The third-order valence-corrected chi connectivity index (χ3v) is 6.54. The number of hydrogen-bond acceptors (Lipinski definition) is 2. The van der Waals surface area contributed by atoms with E-state index in [4.69, 9.17) is 4.74 Å². The molecule has 2 aromatic carbocycles. The van der Waals surface area contributed by atoms with Crippen LogP contribution in [0.3, 0.4) is 0 Å². The first kappa shape index (κ1) is 20.6. The lowest BCUT2D eigenvalue weighted by Gasteiger charge is -2.38. The monoisotopic (exact) mass is 408 g/mol. The van der Waals surface area contributed by atoms with Crippen molar-refractivity contribution in [3.63, 3.8) is 0 Å². The highest BCUT2D eigenvalue weighted by Crippen LogP contribution is 2.35. The molecule has 1 saturated heterocycles. The van der Waals surface area contributed by atoms with E-state index in [1.165, 1.54) is 17.2 Å². The van der Waals surface area contributed by atoms with Crippen molar-refractivity contribution in [2.45, 2.75) is 45.4 Å². The van der Waals surface area contributed by atoms with Crippen molar-refractivity contribution in [2.75, 3.05) is 19.8 Å². The number of halogens is 1. The second kappa shape index (κ2) is 8.23. The fourth-order valence-electron chi connectivity index (χ4n) is 4.67. The maximum absolute atomic E-state index is 13.9. The van der Waals surface area contributed by atoms with Crippen LogP contribution in [0.15, 0.2) is 36.4 Å². The number of aryl methyl sites for hydroxylation is 3. The number of amides is 1. The molecular formula is C25H29FN2O2. The van der Waals surface area contributed by atoms with Crippen molar-refractivity contribution in [3.05, 3.63) is 70.2 Å². The van der Waals surface area contributed by atoms with Crippen LogP contribution in [0, 0.1) is 26.6 Å². The van der Waals surface area contributed by atoms with Crippen LogP contribution in [-0.2, 0) is 21.4 Å². The number of ether oxygens (including phenoxy) is 1. The first-order chi connectivity index (χ1) is 14.4. The molecule has 5 heteroatoms. The van der Waals surface area contributed by atoms with Gasteiger partial charge in [-0.25, -0.2) is 4.39 Å². The van der Waals surface area contributed by atoms with Gasteiger partial charge in [0, 0.05) is 41.8 Å². The molecule has 0 bridgehead atoms. The van der Waals surface area contributed by atoms with Gasteiger partial charge in [-0.3, -0.25) is 4.79 Å². The molecule has 0 radical (unpaired) electrons. The minimum absolute atomic E-state index is 0.0119. The summed E-state index contributed by atoms with van der Waals surface area (Å²) < 4.78 is 19.4. The first-order valence-electron chi connectivity index (χ1n) is 10.6. The Balaban J connectivity index is 1.55. The van der Waals surface area contributed by atoms with Crippen LogP contribution in [0.25, 0.3) is 10.9 Å². The van der Waals surface area contributed by atoms with Gasteiger partial charge in [0.2, 0.25) is 5.91 Å². The molecule has 0 atom stereocenters. The van der Waals surface area contributed by atoms with Crippen LogP contribution < -0.4 is 5.32 Å². The largest absolute Gasteiger partial charge is 0.381 e. The van der Waals surface area contributed by atoms with E-state index < -0.39 is 0 Å². The van der Waals surface area contributed by atoms with Crippen molar-refractivity contribution in [3.8, 4) is 0 Å². The van der Waals surface area contributed by atoms with E-state index in [1.807, 2.05) is 13.0 Å². The summed E-state index contributed by atoms with van der Waals surface area (Å²) in [6.07, 6.45) is 1.86. The fourth-order valence-corrected chi connectivity index (χ4v) is 4.67. The molecule has 3 aromatic rings. The number of hydrogen-bond donors (Lipinski definition) is 2. The summed E-state index contributed by atoms with van der Waals surface area (Å²) in [5.41, 5.74) is 6.18. The van der Waals surface area contributed by atoms with Gasteiger partial charge in [0.15, 0.2) is 0 Å². The average Bonchev–Trinajstić information content (AvgIpc) is 3.07. The Morgan fingerprint density at radius 3 is 2.60 bits per heavy atom. The zero-order valence-corrected chi connectivity index (χ0v) is 17.9. The van der Waals surface area contributed by atoms with E-state index in [0.29, 0.717) is 26.2 Å². The summed E-state index contributed by atoms with van der Waals surface area (Å²) >= 11 is 0. The Morgan fingerprint density at radius 2 is 1.87 bits per heavy atom. The van der Waals surface area contributed by atoms with Gasteiger partial charge in [-0.15, -0.1) is 0 Å². The van der Waals surface area contributed by atoms with Gasteiger partial charge in [-0.2, -0.15) is 0 Å². The summed E-state index contributed by atoms with van der Waals surface area (Å²) in [6, 6.07) is 11.0. The number of aromatic amines is 1. The molecule has 4 nitrogen and oxygen atoms in total. The SMILES string of the molecule is Cc1[nH]c2c(C)ccc(C)c2c1CC(=O)NCC1(c2cccc(F)c2)CCOCC1. The third kappa shape index (κ3) is 3.86. The van der Waals surface area contributed by atoms with E-state index in [2.05, 4.69) is 36.3 Å². The molecule has 0 spiro atoms. The zero-order chi connectivity index (χ0) is 21.3. The first-order valence-corrected chi connectivity index (χ1v) is 10.6. The quantitative estimate of drug-likeness (QED) is 0.646. The zero-order valence-electron chi connectivity index (χ0n) is 17.9. The van der Waals surface area contributed by atoms with E-state index in [9.17, 15) is 9.18 Å². The van der Waals surface area contributed by atoms with Crippen molar-refractivity contribution < 1.29 is 13.9 Å². The Hall–Kier alpha value is -2.66. The van der Waals surface area contributed by atoms with Gasteiger partial charge in [0.05, 0.1) is 6.42 Å². The summed E-state index contributed by atoms with van der Waals surface area (Å²) in [4.78, 5) is 16.4. The Labute approximate surface area is 176 Å². The van der Waals surface area contributed by atoms with Gasteiger partial charge >= 0.3 is 0 Å². The van der Waals surface area contributed by atoms with Gasteiger partial charge in [0.25, 0.3) is 0 Å². The summed E-state index contributed by atoms with van der Waals surface area (Å²) in [5, 5.41) is 4.29. The highest BCUT2D eigenvalue weighted by Gasteiger charge is 2.35. The van der Waals surface area contributed by atoms with Crippen LogP contribution in [0.4, 0.5) is 4.39 Å². The Morgan fingerprint density at radius 1 is 1.13 bits per heavy atom.